The van der Waals surface area contributed by atoms with E-state index >= 15 is 0 Å². The topological polar surface area (TPSA) is 34.6 Å². The summed E-state index contributed by atoms with van der Waals surface area (Å²) in [4.78, 5) is 6.67. The summed E-state index contributed by atoms with van der Waals surface area (Å²) >= 11 is 0. The standard InChI is InChI=1S/C17H24N2O2/c1-2-14(1)12-21-16-4-3-15-17(16)20-10-9-19(15)11-13-5-7-18-8-6-13/h5-8,14-17H,1-4,9-12H2/t15-,16-,17+/m1/s1. The van der Waals surface area contributed by atoms with Gasteiger partial charge >= 0.3 is 0 Å². The third kappa shape index (κ3) is 3.12. The number of pyridine rings is 1. The van der Waals surface area contributed by atoms with E-state index in [0.29, 0.717) is 12.1 Å². The van der Waals surface area contributed by atoms with E-state index in [2.05, 4.69) is 22.0 Å². The Morgan fingerprint density at radius 3 is 2.86 bits per heavy atom. The zero-order valence-corrected chi connectivity index (χ0v) is 12.5. The molecule has 0 bridgehead atoms. The Bertz CT molecular complexity index is 463. The highest BCUT2D eigenvalue weighted by Gasteiger charge is 2.43. The molecule has 4 nitrogen and oxygen atoms in total. The third-order valence-electron chi connectivity index (χ3n) is 5.03. The van der Waals surface area contributed by atoms with Crippen LogP contribution in [0.1, 0.15) is 31.2 Å². The first-order valence-electron chi connectivity index (χ1n) is 8.26. The van der Waals surface area contributed by atoms with Crippen LogP contribution in [0.25, 0.3) is 0 Å². The van der Waals surface area contributed by atoms with Crippen molar-refractivity contribution in [2.24, 2.45) is 5.92 Å². The predicted octanol–water partition coefficient (Wildman–Crippen LogP) is 2.24. The van der Waals surface area contributed by atoms with Gasteiger partial charge in [0.05, 0.1) is 18.8 Å². The number of rotatable bonds is 5. The Morgan fingerprint density at radius 2 is 2.05 bits per heavy atom. The summed E-state index contributed by atoms with van der Waals surface area (Å²) in [5.41, 5.74) is 1.34. The molecule has 4 heteroatoms. The van der Waals surface area contributed by atoms with Gasteiger partial charge in [-0.15, -0.1) is 0 Å². The molecule has 114 valence electrons. The van der Waals surface area contributed by atoms with Gasteiger partial charge < -0.3 is 9.47 Å². The first-order valence-corrected chi connectivity index (χ1v) is 8.26. The molecule has 0 aromatic carbocycles. The van der Waals surface area contributed by atoms with Crippen LogP contribution in [0.2, 0.25) is 0 Å². The number of hydrogen-bond acceptors (Lipinski definition) is 4. The molecule has 1 aromatic rings. The van der Waals surface area contributed by atoms with Crippen LogP contribution in [0.3, 0.4) is 0 Å². The van der Waals surface area contributed by atoms with Gasteiger partial charge in [-0.25, -0.2) is 0 Å². The molecule has 2 heterocycles. The molecule has 21 heavy (non-hydrogen) atoms. The largest absolute Gasteiger partial charge is 0.375 e. The van der Waals surface area contributed by atoms with Crippen LogP contribution < -0.4 is 0 Å². The van der Waals surface area contributed by atoms with Gasteiger partial charge in [0.15, 0.2) is 0 Å². The van der Waals surface area contributed by atoms with Gasteiger partial charge in [-0.2, -0.15) is 0 Å². The maximum atomic E-state index is 6.13. The lowest BCUT2D eigenvalue weighted by Crippen LogP contribution is -2.51. The van der Waals surface area contributed by atoms with Crippen LogP contribution in [-0.2, 0) is 16.0 Å². The predicted molar refractivity (Wildman–Crippen MR) is 79.9 cm³/mol. The molecular formula is C17H24N2O2. The number of hydrogen-bond donors (Lipinski definition) is 0. The van der Waals surface area contributed by atoms with Crippen molar-refractivity contribution >= 4 is 0 Å². The summed E-state index contributed by atoms with van der Waals surface area (Å²) < 4.78 is 12.2. The van der Waals surface area contributed by atoms with Crippen LogP contribution in [0.5, 0.6) is 0 Å². The minimum absolute atomic E-state index is 0.277. The fourth-order valence-electron chi connectivity index (χ4n) is 3.63. The Hall–Kier alpha value is -0.970. The van der Waals surface area contributed by atoms with Crippen molar-refractivity contribution in [3.63, 3.8) is 0 Å². The molecule has 3 aliphatic rings. The number of fused-ring (bicyclic) bond motifs is 1. The Balaban J connectivity index is 1.38. The number of aromatic nitrogens is 1. The molecule has 4 rings (SSSR count). The molecule has 2 saturated carbocycles. The van der Waals surface area contributed by atoms with E-state index in [9.17, 15) is 0 Å². The van der Waals surface area contributed by atoms with Gasteiger partial charge in [-0.1, -0.05) is 0 Å². The zero-order chi connectivity index (χ0) is 14.1. The maximum absolute atomic E-state index is 6.13. The first-order chi connectivity index (χ1) is 10.4. The third-order valence-corrected chi connectivity index (χ3v) is 5.03. The molecular weight excluding hydrogens is 264 g/mol. The summed E-state index contributed by atoms with van der Waals surface area (Å²) in [6.07, 6.45) is 9.41. The summed E-state index contributed by atoms with van der Waals surface area (Å²) in [7, 11) is 0. The number of nitrogens with zero attached hydrogens (tertiary/aromatic N) is 2. The van der Waals surface area contributed by atoms with E-state index in [1.807, 2.05) is 12.4 Å². The number of ether oxygens (including phenoxy) is 2. The second-order valence-electron chi connectivity index (χ2n) is 6.62. The lowest BCUT2D eigenvalue weighted by molar-refractivity contribution is -0.116. The molecule has 0 unspecified atom stereocenters. The van der Waals surface area contributed by atoms with Crippen molar-refractivity contribution in [2.45, 2.75) is 50.5 Å². The Morgan fingerprint density at radius 1 is 1.19 bits per heavy atom. The van der Waals surface area contributed by atoms with Gasteiger partial charge in [0, 0.05) is 38.1 Å². The van der Waals surface area contributed by atoms with E-state index in [0.717, 1.165) is 38.6 Å². The lowest BCUT2D eigenvalue weighted by atomic mass is 10.1. The highest BCUT2D eigenvalue weighted by atomic mass is 16.5. The van der Waals surface area contributed by atoms with E-state index < -0.39 is 0 Å². The van der Waals surface area contributed by atoms with E-state index in [-0.39, 0.29) is 6.10 Å². The molecule has 0 radical (unpaired) electrons. The first kappa shape index (κ1) is 13.7. The highest BCUT2D eigenvalue weighted by Crippen LogP contribution is 2.35. The van der Waals surface area contributed by atoms with E-state index in [1.165, 1.54) is 24.8 Å². The monoisotopic (exact) mass is 288 g/mol. The maximum Gasteiger partial charge on any atom is 0.0992 e. The second kappa shape index (κ2) is 6.03. The van der Waals surface area contributed by atoms with Crippen LogP contribution in [0.4, 0.5) is 0 Å². The molecule has 0 N–H and O–H groups in total. The second-order valence-corrected chi connectivity index (χ2v) is 6.62. The highest BCUT2D eigenvalue weighted by molar-refractivity contribution is 5.10. The Labute approximate surface area is 126 Å². The number of morpholine rings is 1. The summed E-state index contributed by atoms with van der Waals surface area (Å²) in [6.45, 7) is 3.80. The fourth-order valence-corrected chi connectivity index (χ4v) is 3.63. The summed E-state index contributed by atoms with van der Waals surface area (Å²) in [5.74, 6) is 0.834. The van der Waals surface area contributed by atoms with Crippen LogP contribution in [0, 0.1) is 5.92 Å². The van der Waals surface area contributed by atoms with Crippen molar-refractivity contribution in [3.8, 4) is 0 Å². The van der Waals surface area contributed by atoms with Crippen LogP contribution in [-0.4, -0.2) is 47.9 Å². The molecule has 2 aliphatic carbocycles. The molecule has 1 aromatic heterocycles. The van der Waals surface area contributed by atoms with Gasteiger partial charge in [0.2, 0.25) is 0 Å². The normalized spacial score (nSPS) is 33.0. The zero-order valence-electron chi connectivity index (χ0n) is 12.5. The lowest BCUT2D eigenvalue weighted by Gasteiger charge is -2.39. The summed E-state index contributed by atoms with van der Waals surface area (Å²) in [6, 6.07) is 4.75. The van der Waals surface area contributed by atoms with E-state index in [1.54, 1.807) is 0 Å². The van der Waals surface area contributed by atoms with Gasteiger partial charge in [0.1, 0.15) is 0 Å². The van der Waals surface area contributed by atoms with Gasteiger partial charge in [0.25, 0.3) is 0 Å². The quantitative estimate of drug-likeness (QED) is 0.832. The molecule has 1 aliphatic heterocycles. The van der Waals surface area contributed by atoms with Crippen molar-refractivity contribution < 1.29 is 9.47 Å². The molecule has 0 amide bonds. The smallest absolute Gasteiger partial charge is 0.0992 e. The Kier molecular flexibility index (Phi) is 3.93. The van der Waals surface area contributed by atoms with Crippen LogP contribution >= 0.6 is 0 Å². The van der Waals surface area contributed by atoms with Crippen molar-refractivity contribution in [1.82, 2.24) is 9.88 Å². The van der Waals surface area contributed by atoms with Gasteiger partial charge in [-0.05, 0) is 49.3 Å². The molecule has 1 saturated heterocycles. The SMILES string of the molecule is c1cc(CN2CCO[C@H]3[C@H]2CC[C@H]3OCC2CC2)ccn1. The molecule has 3 fully saturated rings. The minimum atomic E-state index is 0.277. The van der Waals surface area contributed by atoms with E-state index in [4.69, 9.17) is 9.47 Å². The molecule has 3 atom stereocenters. The minimum Gasteiger partial charge on any atom is -0.375 e. The van der Waals surface area contributed by atoms with Gasteiger partial charge in [-0.3, -0.25) is 9.88 Å². The molecule has 0 spiro atoms. The van der Waals surface area contributed by atoms with Crippen LogP contribution in [0.15, 0.2) is 24.5 Å². The van der Waals surface area contributed by atoms with Crippen molar-refractivity contribution in [2.75, 3.05) is 19.8 Å². The van der Waals surface area contributed by atoms with Crippen molar-refractivity contribution in [3.05, 3.63) is 30.1 Å². The summed E-state index contributed by atoms with van der Waals surface area (Å²) in [5, 5.41) is 0. The van der Waals surface area contributed by atoms with Crippen molar-refractivity contribution in [1.29, 1.82) is 0 Å². The fraction of sp³-hybridized carbons (Fsp3) is 0.706. The average molecular weight is 288 g/mol. The average Bonchev–Trinajstić information content (AvgIpc) is 3.26.